The summed E-state index contributed by atoms with van der Waals surface area (Å²) in [6.45, 7) is 0. The van der Waals surface area contributed by atoms with Crippen LogP contribution in [0.2, 0.25) is 0 Å². The minimum absolute atomic E-state index is 0.286. The number of para-hydroxylation sites is 1. The Morgan fingerprint density at radius 1 is 1.15 bits per heavy atom. The van der Waals surface area contributed by atoms with E-state index in [2.05, 4.69) is 16.0 Å². The summed E-state index contributed by atoms with van der Waals surface area (Å²) >= 11 is 1.78. The van der Waals surface area contributed by atoms with Crippen molar-refractivity contribution < 1.29 is 0 Å². The maximum absolute atomic E-state index is 6.38. The van der Waals surface area contributed by atoms with Gasteiger partial charge < -0.3 is 5.73 Å². The van der Waals surface area contributed by atoms with E-state index in [1.165, 1.54) is 32.1 Å². The second kappa shape index (κ2) is 6.55. The van der Waals surface area contributed by atoms with Gasteiger partial charge in [-0.15, -0.1) is 11.8 Å². The van der Waals surface area contributed by atoms with E-state index in [4.69, 9.17) is 5.73 Å². The lowest BCUT2D eigenvalue weighted by Crippen LogP contribution is -2.33. The number of rotatable bonds is 4. The van der Waals surface area contributed by atoms with Crippen molar-refractivity contribution in [2.75, 3.05) is 5.75 Å². The molecule has 1 aliphatic rings. The quantitative estimate of drug-likeness (QED) is 0.689. The van der Waals surface area contributed by atoms with Crippen LogP contribution in [0.5, 0.6) is 0 Å². The fraction of sp³-hybridized carbons (Fsp3) is 0.500. The first-order valence-corrected chi connectivity index (χ1v) is 8.41. The van der Waals surface area contributed by atoms with Crippen molar-refractivity contribution in [2.24, 2.45) is 11.7 Å². The number of aromatic nitrogens is 2. The summed E-state index contributed by atoms with van der Waals surface area (Å²) in [6.07, 6.45) is 8.32. The standard InChI is InChI=1S/C16H21N3S/c17-14(12-6-2-1-3-7-12)10-20-16-13-8-4-5-9-15(13)18-11-19-16/h4-5,8-9,11-12,14H,1-3,6-7,10,17H2. The van der Waals surface area contributed by atoms with Crippen LogP contribution in [-0.4, -0.2) is 21.8 Å². The van der Waals surface area contributed by atoms with Crippen molar-refractivity contribution in [3.63, 3.8) is 0 Å². The zero-order chi connectivity index (χ0) is 13.8. The van der Waals surface area contributed by atoms with Crippen LogP contribution >= 0.6 is 11.8 Å². The largest absolute Gasteiger partial charge is 0.327 e. The molecule has 0 amide bonds. The smallest absolute Gasteiger partial charge is 0.117 e. The average molecular weight is 287 g/mol. The normalized spacial score (nSPS) is 18.2. The number of hydrogen-bond acceptors (Lipinski definition) is 4. The van der Waals surface area contributed by atoms with Crippen LogP contribution in [0.3, 0.4) is 0 Å². The van der Waals surface area contributed by atoms with E-state index in [1.807, 2.05) is 18.2 Å². The highest BCUT2D eigenvalue weighted by molar-refractivity contribution is 7.99. The zero-order valence-corrected chi connectivity index (χ0v) is 12.5. The molecule has 1 saturated carbocycles. The third-order valence-electron chi connectivity index (χ3n) is 4.17. The number of nitrogens with two attached hydrogens (primary N) is 1. The Balaban J connectivity index is 1.67. The molecule has 0 spiro atoms. The highest BCUT2D eigenvalue weighted by Gasteiger charge is 2.20. The first kappa shape index (κ1) is 13.8. The van der Waals surface area contributed by atoms with Crippen LogP contribution in [0.4, 0.5) is 0 Å². The van der Waals surface area contributed by atoms with Gasteiger partial charge >= 0.3 is 0 Å². The maximum atomic E-state index is 6.38. The molecule has 1 fully saturated rings. The molecular weight excluding hydrogens is 266 g/mol. The maximum Gasteiger partial charge on any atom is 0.117 e. The molecule has 1 aromatic heterocycles. The highest BCUT2D eigenvalue weighted by Crippen LogP contribution is 2.30. The summed E-state index contributed by atoms with van der Waals surface area (Å²) in [5, 5.41) is 2.19. The molecule has 1 heterocycles. The lowest BCUT2D eigenvalue weighted by atomic mass is 9.85. The lowest BCUT2D eigenvalue weighted by Gasteiger charge is -2.27. The van der Waals surface area contributed by atoms with E-state index in [-0.39, 0.29) is 6.04 Å². The third-order valence-corrected chi connectivity index (χ3v) is 5.32. The Morgan fingerprint density at radius 3 is 2.80 bits per heavy atom. The monoisotopic (exact) mass is 287 g/mol. The minimum Gasteiger partial charge on any atom is -0.327 e. The van der Waals surface area contributed by atoms with E-state index in [1.54, 1.807) is 18.1 Å². The summed E-state index contributed by atoms with van der Waals surface area (Å²) in [4.78, 5) is 8.72. The van der Waals surface area contributed by atoms with Gasteiger partial charge in [0.25, 0.3) is 0 Å². The van der Waals surface area contributed by atoms with Crippen LogP contribution < -0.4 is 5.73 Å². The van der Waals surface area contributed by atoms with Gasteiger partial charge in [-0.05, 0) is 24.8 Å². The molecule has 0 radical (unpaired) electrons. The highest BCUT2D eigenvalue weighted by atomic mass is 32.2. The van der Waals surface area contributed by atoms with Gasteiger partial charge in [-0.3, -0.25) is 0 Å². The Hall–Kier alpha value is -1.13. The summed E-state index contributed by atoms with van der Waals surface area (Å²) in [5.74, 6) is 1.65. The molecule has 1 aromatic carbocycles. The topological polar surface area (TPSA) is 51.8 Å². The first-order valence-electron chi connectivity index (χ1n) is 7.43. The molecule has 2 N–H and O–H groups in total. The van der Waals surface area contributed by atoms with Gasteiger partial charge in [0.1, 0.15) is 11.4 Å². The molecule has 106 valence electrons. The van der Waals surface area contributed by atoms with Crippen molar-refractivity contribution in [3.05, 3.63) is 30.6 Å². The zero-order valence-electron chi connectivity index (χ0n) is 11.7. The van der Waals surface area contributed by atoms with Gasteiger partial charge in [-0.2, -0.15) is 0 Å². The molecule has 1 unspecified atom stereocenters. The van der Waals surface area contributed by atoms with Gasteiger partial charge in [0, 0.05) is 17.2 Å². The summed E-state index contributed by atoms with van der Waals surface area (Å²) in [5.41, 5.74) is 7.39. The molecule has 0 aliphatic heterocycles. The average Bonchev–Trinajstić information content (AvgIpc) is 2.53. The molecule has 3 nitrogen and oxygen atoms in total. The Kier molecular flexibility index (Phi) is 4.53. The lowest BCUT2D eigenvalue weighted by molar-refractivity contribution is 0.319. The molecule has 3 rings (SSSR count). The first-order chi connectivity index (χ1) is 9.84. The van der Waals surface area contributed by atoms with E-state index in [0.29, 0.717) is 5.92 Å². The van der Waals surface area contributed by atoms with E-state index in [9.17, 15) is 0 Å². The van der Waals surface area contributed by atoms with E-state index in [0.717, 1.165) is 21.7 Å². The van der Waals surface area contributed by atoms with Gasteiger partial charge in [0.15, 0.2) is 0 Å². The van der Waals surface area contributed by atoms with Crippen LogP contribution in [0, 0.1) is 5.92 Å². The van der Waals surface area contributed by atoms with Gasteiger partial charge in [0.05, 0.1) is 5.52 Å². The predicted octanol–water partition coefficient (Wildman–Crippen LogP) is 3.63. The molecule has 20 heavy (non-hydrogen) atoms. The van der Waals surface area contributed by atoms with Gasteiger partial charge in [0.2, 0.25) is 0 Å². The van der Waals surface area contributed by atoms with Crippen LogP contribution in [0.25, 0.3) is 10.9 Å². The minimum atomic E-state index is 0.286. The van der Waals surface area contributed by atoms with Crippen LogP contribution in [0.1, 0.15) is 32.1 Å². The van der Waals surface area contributed by atoms with Crippen molar-refractivity contribution >= 4 is 22.7 Å². The fourth-order valence-electron chi connectivity index (χ4n) is 2.97. The SMILES string of the molecule is NC(CSc1ncnc2ccccc12)C1CCCCC1. The Bertz CT molecular complexity index is 561. The van der Waals surface area contributed by atoms with Crippen molar-refractivity contribution in [2.45, 2.75) is 43.2 Å². The summed E-state index contributed by atoms with van der Waals surface area (Å²) in [7, 11) is 0. The number of thioether (sulfide) groups is 1. The Morgan fingerprint density at radius 2 is 1.95 bits per heavy atom. The summed E-state index contributed by atoms with van der Waals surface area (Å²) < 4.78 is 0. The van der Waals surface area contributed by atoms with Crippen molar-refractivity contribution in [1.82, 2.24) is 9.97 Å². The number of benzene rings is 1. The second-order valence-corrected chi connectivity index (χ2v) is 6.58. The predicted molar refractivity (Wildman–Crippen MR) is 84.8 cm³/mol. The van der Waals surface area contributed by atoms with Crippen molar-refractivity contribution in [1.29, 1.82) is 0 Å². The third kappa shape index (κ3) is 3.13. The van der Waals surface area contributed by atoms with Crippen molar-refractivity contribution in [3.8, 4) is 0 Å². The number of hydrogen-bond donors (Lipinski definition) is 1. The molecule has 0 saturated heterocycles. The number of fused-ring (bicyclic) bond motifs is 1. The number of nitrogens with zero attached hydrogens (tertiary/aromatic N) is 2. The summed E-state index contributed by atoms with van der Waals surface area (Å²) in [6, 6.07) is 8.45. The van der Waals surface area contributed by atoms with Crippen LogP contribution in [-0.2, 0) is 0 Å². The van der Waals surface area contributed by atoms with E-state index < -0.39 is 0 Å². The molecule has 4 heteroatoms. The Labute approximate surface area is 124 Å². The van der Waals surface area contributed by atoms with Gasteiger partial charge in [-0.25, -0.2) is 9.97 Å². The molecule has 1 aliphatic carbocycles. The molecule has 2 aromatic rings. The second-order valence-electron chi connectivity index (χ2n) is 5.57. The fourth-order valence-corrected chi connectivity index (χ4v) is 4.04. The molecule has 1 atom stereocenters. The van der Waals surface area contributed by atoms with E-state index >= 15 is 0 Å². The molecule has 0 bridgehead atoms. The van der Waals surface area contributed by atoms with Gasteiger partial charge in [-0.1, -0.05) is 37.5 Å². The van der Waals surface area contributed by atoms with Crippen LogP contribution in [0.15, 0.2) is 35.6 Å². The molecular formula is C16H21N3S.